The number of carbonyl (C=O) groups excluding carboxylic acids is 4. The maximum Gasteiger partial charge on any atom is 0.415 e. The molecule has 1 N–H and O–H groups in total. The zero-order valence-electron chi connectivity index (χ0n) is 22.8. The molecule has 11 nitrogen and oxygen atoms in total. The van der Waals surface area contributed by atoms with Crippen molar-refractivity contribution in [2.45, 2.75) is 62.6 Å². The third-order valence-electron chi connectivity index (χ3n) is 8.43. The van der Waals surface area contributed by atoms with Gasteiger partial charge in [0.2, 0.25) is 11.8 Å². The SMILES string of the molecule is COc1ccc2oc(OC(=O)NC3(C(=O)N4CCC5C4C(=O)CN5C(=O)Cc4cccnc4)CCCCC3)cc2c1. The van der Waals surface area contributed by atoms with Crippen LogP contribution in [0.4, 0.5) is 4.79 Å². The molecule has 4 heterocycles. The number of benzene rings is 1. The number of fused-ring (bicyclic) bond motifs is 2. The normalized spacial score (nSPS) is 21.5. The minimum Gasteiger partial charge on any atom is -0.497 e. The summed E-state index contributed by atoms with van der Waals surface area (Å²) in [5, 5.41) is 3.56. The van der Waals surface area contributed by atoms with Crippen LogP contribution in [0.5, 0.6) is 11.7 Å². The van der Waals surface area contributed by atoms with Gasteiger partial charge in [-0.1, -0.05) is 25.3 Å². The molecule has 2 unspecified atom stereocenters. The summed E-state index contributed by atoms with van der Waals surface area (Å²) < 4.78 is 16.4. The Kier molecular flexibility index (Phi) is 7.10. The van der Waals surface area contributed by atoms with Gasteiger partial charge in [0, 0.05) is 30.4 Å². The van der Waals surface area contributed by atoms with E-state index >= 15 is 0 Å². The Bertz CT molecular complexity index is 1480. The molecule has 3 aromatic rings. The smallest absolute Gasteiger partial charge is 0.415 e. The minimum absolute atomic E-state index is 0.000797. The van der Waals surface area contributed by atoms with Crippen molar-refractivity contribution in [3.05, 3.63) is 54.4 Å². The van der Waals surface area contributed by atoms with Crippen LogP contribution in [-0.4, -0.2) is 76.3 Å². The van der Waals surface area contributed by atoms with Crippen molar-refractivity contribution in [1.29, 1.82) is 0 Å². The highest BCUT2D eigenvalue weighted by molar-refractivity contribution is 6.00. The van der Waals surface area contributed by atoms with Gasteiger partial charge in [-0.15, -0.1) is 0 Å². The van der Waals surface area contributed by atoms with Crippen molar-refractivity contribution >= 4 is 34.7 Å². The third-order valence-corrected chi connectivity index (χ3v) is 8.43. The average molecular weight is 561 g/mol. The van der Waals surface area contributed by atoms with Crippen molar-refractivity contribution in [3.8, 4) is 11.7 Å². The fraction of sp³-hybridized carbons (Fsp3) is 0.433. The summed E-state index contributed by atoms with van der Waals surface area (Å²) in [6.45, 7) is 0.304. The van der Waals surface area contributed by atoms with Crippen LogP contribution in [0, 0.1) is 0 Å². The highest BCUT2D eigenvalue weighted by atomic mass is 16.6. The first-order valence-electron chi connectivity index (χ1n) is 14.0. The molecule has 2 saturated heterocycles. The van der Waals surface area contributed by atoms with Gasteiger partial charge < -0.3 is 29.0 Å². The van der Waals surface area contributed by atoms with Gasteiger partial charge in [-0.3, -0.25) is 19.4 Å². The summed E-state index contributed by atoms with van der Waals surface area (Å²) in [7, 11) is 1.56. The standard InChI is InChI=1S/C30H32N4O7/c1-39-21-7-8-24-20(15-21)16-26(40-24)41-29(38)32-30(10-3-2-4-11-30)28(37)33-13-9-22-27(33)23(35)18-34(22)25(36)14-19-6-5-12-31-17-19/h5-8,12,15-17,22,27H,2-4,9-11,13-14,18H2,1H3,(H,32,38). The van der Waals surface area contributed by atoms with Gasteiger partial charge in [0.1, 0.15) is 22.9 Å². The van der Waals surface area contributed by atoms with Gasteiger partial charge in [-0.2, -0.15) is 0 Å². The van der Waals surface area contributed by atoms with E-state index in [1.54, 1.807) is 59.6 Å². The van der Waals surface area contributed by atoms with Crippen molar-refractivity contribution < 1.29 is 33.1 Å². The maximum atomic E-state index is 14.1. The molecule has 2 aromatic heterocycles. The molecule has 2 atom stereocenters. The number of nitrogens with zero attached hydrogens (tertiary/aromatic N) is 3. The lowest BCUT2D eigenvalue weighted by Gasteiger charge is -2.40. The number of methoxy groups -OCH3 is 1. The molecular formula is C30H32N4O7. The monoisotopic (exact) mass is 560 g/mol. The second-order valence-electron chi connectivity index (χ2n) is 11.0. The van der Waals surface area contributed by atoms with Crippen LogP contribution in [0.15, 0.2) is 53.2 Å². The summed E-state index contributed by atoms with van der Waals surface area (Å²) in [4.78, 5) is 60.8. The summed E-state index contributed by atoms with van der Waals surface area (Å²) in [6, 6.07) is 9.31. The van der Waals surface area contributed by atoms with Crippen LogP contribution in [0.2, 0.25) is 0 Å². The number of Topliss-reactive ketones (excluding diaryl/α,β-unsaturated/α-hetero) is 1. The molecule has 3 aliphatic rings. The number of aromatic nitrogens is 1. The lowest BCUT2D eigenvalue weighted by Crippen LogP contribution is -2.62. The number of carbonyl (C=O) groups is 4. The summed E-state index contributed by atoms with van der Waals surface area (Å²) in [6.07, 6.45) is 6.44. The second-order valence-corrected chi connectivity index (χ2v) is 11.0. The van der Waals surface area contributed by atoms with E-state index in [0.717, 1.165) is 24.8 Å². The molecule has 6 rings (SSSR count). The lowest BCUT2D eigenvalue weighted by molar-refractivity contribution is -0.143. The highest BCUT2D eigenvalue weighted by Crippen LogP contribution is 2.37. The predicted octanol–water partition coefficient (Wildman–Crippen LogP) is 3.25. The Hall–Kier alpha value is -4.41. The maximum absolute atomic E-state index is 14.1. The quantitative estimate of drug-likeness (QED) is 0.486. The van der Waals surface area contributed by atoms with Crippen LogP contribution >= 0.6 is 0 Å². The molecule has 1 aromatic carbocycles. The molecule has 214 valence electrons. The molecule has 41 heavy (non-hydrogen) atoms. The number of rotatable bonds is 6. The van der Waals surface area contributed by atoms with E-state index in [-0.39, 0.29) is 42.6 Å². The van der Waals surface area contributed by atoms with E-state index < -0.39 is 17.7 Å². The van der Waals surface area contributed by atoms with Crippen molar-refractivity contribution in [2.24, 2.45) is 0 Å². The number of likely N-dealkylation sites (tertiary alicyclic amines) is 2. The minimum atomic E-state index is -1.20. The third kappa shape index (κ3) is 5.12. The highest BCUT2D eigenvalue weighted by Gasteiger charge is 2.55. The molecule has 0 bridgehead atoms. The van der Waals surface area contributed by atoms with Gasteiger partial charge in [0.15, 0.2) is 5.78 Å². The van der Waals surface area contributed by atoms with Crippen LogP contribution in [-0.2, 0) is 20.8 Å². The van der Waals surface area contributed by atoms with E-state index in [1.807, 2.05) is 6.07 Å². The second kappa shape index (κ2) is 10.9. The zero-order chi connectivity index (χ0) is 28.6. The first-order chi connectivity index (χ1) is 19.9. The number of ketones is 1. The van der Waals surface area contributed by atoms with Crippen LogP contribution < -0.4 is 14.8 Å². The van der Waals surface area contributed by atoms with E-state index in [2.05, 4.69) is 10.3 Å². The first-order valence-corrected chi connectivity index (χ1v) is 14.0. The largest absolute Gasteiger partial charge is 0.497 e. The predicted molar refractivity (Wildman–Crippen MR) is 146 cm³/mol. The molecule has 2 aliphatic heterocycles. The average Bonchev–Trinajstić information content (AvgIpc) is 3.67. The molecule has 1 saturated carbocycles. The van der Waals surface area contributed by atoms with Crippen LogP contribution in [0.3, 0.4) is 0 Å². The van der Waals surface area contributed by atoms with Gasteiger partial charge in [-0.05, 0) is 49.1 Å². The van der Waals surface area contributed by atoms with Crippen molar-refractivity contribution in [1.82, 2.24) is 20.1 Å². The van der Waals surface area contributed by atoms with Crippen molar-refractivity contribution in [2.75, 3.05) is 20.2 Å². The van der Waals surface area contributed by atoms with Gasteiger partial charge in [0.25, 0.3) is 5.95 Å². The van der Waals surface area contributed by atoms with E-state index in [9.17, 15) is 19.2 Å². The molecule has 3 fully saturated rings. The summed E-state index contributed by atoms with van der Waals surface area (Å²) >= 11 is 0. The number of hydrogen-bond acceptors (Lipinski definition) is 8. The Balaban J connectivity index is 1.17. The molecule has 3 amide bonds. The Morgan fingerprint density at radius 3 is 2.71 bits per heavy atom. The molecular weight excluding hydrogens is 528 g/mol. The number of nitrogens with one attached hydrogen (secondary N) is 1. The topological polar surface area (TPSA) is 131 Å². The molecule has 1 aliphatic carbocycles. The van der Waals surface area contributed by atoms with Crippen LogP contribution in [0.25, 0.3) is 11.0 Å². The Labute approximate surface area is 236 Å². The fourth-order valence-corrected chi connectivity index (χ4v) is 6.46. The number of amides is 3. The fourth-order valence-electron chi connectivity index (χ4n) is 6.46. The molecule has 11 heteroatoms. The van der Waals surface area contributed by atoms with E-state index in [0.29, 0.717) is 42.5 Å². The zero-order valence-corrected chi connectivity index (χ0v) is 22.8. The van der Waals surface area contributed by atoms with Gasteiger partial charge in [-0.25, -0.2) is 4.79 Å². The summed E-state index contributed by atoms with van der Waals surface area (Å²) in [5.41, 5.74) is 0.0988. The van der Waals surface area contributed by atoms with E-state index in [1.165, 1.54) is 0 Å². The first kappa shape index (κ1) is 26.8. The molecule has 0 radical (unpaired) electrons. The van der Waals surface area contributed by atoms with Gasteiger partial charge in [0.05, 0.1) is 26.1 Å². The number of pyridine rings is 1. The van der Waals surface area contributed by atoms with E-state index in [4.69, 9.17) is 13.9 Å². The van der Waals surface area contributed by atoms with Crippen molar-refractivity contribution in [3.63, 3.8) is 0 Å². The number of ether oxygens (including phenoxy) is 2. The Morgan fingerprint density at radius 2 is 1.95 bits per heavy atom. The Morgan fingerprint density at radius 1 is 1.12 bits per heavy atom. The van der Waals surface area contributed by atoms with Crippen LogP contribution in [0.1, 0.15) is 44.1 Å². The number of hydrogen-bond donors (Lipinski definition) is 1. The lowest BCUT2D eigenvalue weighted by atomic mass is 9.80. The molecule has 0 spiro atoms. The number of furan rings is 1. The van der Waals surface area contributed by atoms with Gasteiger partial charge >= 0.3 is 6.09 Å². The summed E-state index contributed by atoms with van der Waals surface area (Å²) in [5.74, 6) is 0.0196.